The third-order valence-corrected chi connectivity index (χ3v) is 15.3. The van der Waals surface area contributed by atoms with Crippen LogP contribution in [0.25, 0.3) is 82.8 Å². The molecular formula is C71H48N2. The van der Waals surface area contributed by atoms with Crippen molar-refractivity contribution in [2.45, 2.75) is 5.41 Å². The van der Waals surface area contributed by atoms with Gasteiger partial charge in [0.2, 0.25) is 0 Å². The van der Waals surface area contributed by atoms with Gasteiger partial charge in [-0.05, 0) is 133 Å². The van der Waals surface area contributed by atoms with Gasteiger partial charge in [0.05, 0.1) is 22.1 Å². The number of para-hydroxylation sites is 1. The lowest BCUT2D eigenvalue weighted by Crippen LogP contribution is -2.28. The van der Waals surface area contributed by atoms with E-state index in [0.717, 1.165) is 22.7 Å². The summed E-state index contributed by atoms with van der Waals surface area (Å²) in [6.45, 7) is 0. The summed E-state index contributed by atoms with van der Waals surface area (Å²) in [5.74, 6) is 0. The van der Waals surface area contributed by atoms with E-state index in [1.807, 2.05) is 0 Å². The second kappa shape index (κ2) is 17.4. The van der Waals surface area contributed by atoms with Gasteiger partial charge in [0.25, 0.3) is 0 Å². The molecule has 12 aromatic carbocycles. The quantitative estimate of drug-likeness (QED) is 0.140. The summed E-state index contributed by atoms with van der Waals surface area (Å²) in [7, 11) is 0. The predicted molar refractivity (Wildman–Crippen MR) is 307 cm³/mol. The van der Waals surface area contributed by atoms with Gasteiger partial charge in [0.15, 0.2) is 0 Å². The first kappa shape index (κ1) is 42.4. The van der Waals surface area contributed by atoms with E-state index in [1.165, 1.54) is 99.3 Å². The van der Waals surface area contributed by atoms with Crippen LogP contribution in [0.5, 0.6) is 0 Å². The molecule has 0 saturated heterocycles. The molecule has 0 bridgehead atoms. The van der Waals surface area contributed by atoms with Gasteiger partial charge in [-0.3, -0.25) is 0 Å². The van der Waals surface area contributed by atoms with Gasteiger partial charge in [-0.25, -0.2) is 0 Å². The molecule has 14 rings (SSSR count). The highest BCUT2D eigenvalue weighted by Crippen LogP contribution is 2.57. The van der Waals surface area contributed by atoms with Crippen molar-refractivity contribution in [3.63, 3.8) is 0 Å². The number of fused-ring (bicyclic) bond motifs is 7. The van der Waals surface area contributed by atoms with Gasteiger partial charge in [-0.1, -0.05) is 231 Å². The highest BCUT2D eigenvalue weighted by atomic mass is 15.1. The van der Waals surface area contributed by atoms with Crippen LogP contribution in [0.1, 0.15) is 22.3 Å². The normalized spacial score (nSPS) is 12.5. The minimum atomic E-state index is -0.508. The van der Waals surface area contributed by atoms with Gasteiger partial charge in [0, 0.05) is 33.2 Å². The average molecular weight is 929 g/mol. The molecule has 0 saturated carbocycles. The number of benzene rings is 12. The van der Waals surface area contributed by atoms with Crippen LogP contribution < -0.4 is 4.90 Å². The second-order valence-corrected chi connectivity index (χ2v) is 19.2. The van der Waals surface area contributed by atoms with Gasteiger partial charge in [0.1, 0.15) is 0 Å². The number of hydrogen-bond acceptors (Lipinski definition) is 1. The smallest absolute Gasteiger partial charge is 0.0714 e. The summed E-state index contributed by atoms with van der Waals surface area (Å²) in [5.41, 5.74) is 21.2. The number of hydrogen-bond donors (Lipinski definition) is 0. The Bertz CT molecular complexity index is 4110. The monoisotopic (exact) mass is 928 g/mol. The lowest BCUT2D eigenvalue weighted by molar-refractivity contribution is 0.768. The van der Waals surface area contributed by atoms with Gasteiger partial charge in [-0.2, -0.15) is 0 Å². The summed E-state index contributed by atoms with van der Waals surface area (Å²) in [4.78, 5) is 2.45. The third kappa shape index (κ3) is 6.94. The summed E-state index contributed by atoms with van der Waals surface area (Å²) in [6, 6.07) is 107. The highest BCUT2D eigenvalue weighted by Gasteiger charge is 2.46. The van der Waals surface area contributed by atoms with Crippen LogP contribution >= 0.6 is 0 Å². The molecule has 1 heterocycles. The molecule has 73 heavy (non-hydrogen) atoms. The van der Waals surface area contributed by atoms with Crippen molar-refractivity contribution >= 4 is 49.6 Å². The van der Waals surface area contributed by atoms with E-state index in [0.29, 0.717) is 0 Å². The fraction of sp³-hybridized carbons (Fsp3) is 0.0141. The summed E-state index contributed by atoms with van der Waals surface area (Å²) < 4.78 is 2.39. The molecule has 1 aliphatic rings. The van der Waals surface area contributed by atoms with Gasteiger partial charge >= 0.3 is 0 Å². The van der Waals surface area contributed by atoms with E-state index in [1.54, 1.807) is 0 Å². The van der Waals surface area contributed by atoms with Crippen LogP contribution in [0, 0.1) is 0 Å². The van der Waals surface area contributed by atoms with Crippen LogP contribution in [-0.2, 0) is 5.41 Å². The Hall–Kier alpha value is -9.50. The second-order valence-electron chi connectivity index (χ2n) is 19.2. The number of anilines is 3. The zero-order valence-corrected chi connectivity index (χ0v) is 40.1. The van der Waals surface area contributed by atoms with E-state index >= 15 is 0 Å². The zero-order chi connectivity index (χ0) is 48.3. The van der Waals surface area contributed by atoms with E-state index in [4.69, 9.17) is 0 Å². The molecule has 0 spiro atoms. The Morgan fingerprint density at radius 1 is 0.288 bits per heavy atom. The van der Waals surface area contributed by atoms with Crippen LogP contribution in [0.2, 0.25) is 0 Å². The Kier molecular flexibility index (Phi) is 10.1. The molecule has 0 amide bonds. The van der Waals surface area contributed by atoms with Crippen molar-refractivity contribution in [3.05, 3.63) is 313 Å². The van der Waals surface area contributed by atoms with E-state index < -0.39 is 5.41 Å². The molecule has 0 aliphatic heterocycles. The first-order valence-corrected chi connectivity index (χ1v) is 25.2. The van der Waals surface area contributed by atoms with Crippen molar-refractivity contribution < 1.29 is 0 Å². The Morgan fingerprint density at radius 2 is 0.781 bits per heavy atom. The zero-order valence-electron chi connectivity index (χ0n) is 40.1. The number of aromatic nitrogens is 1. The molecule has 13 aromatic rings. The molecule has 1 aromatic heterocycles. The van der Waals surface area contributed by atoms with Gasteiger partial charge < -0.3 is 9.47 Å². The van der Waals surface area contributed by atoms with Crippen molar-refractivity contribution in [2.75, 3.05) is 4.90 Å². The molecule has 2 nitrogen and oxygen atoms in total. The first-order valence-electron chi connectivity index (χ1n) is 25.2. The molecule has 342 valence electrons. The van der Waals surface area contributed by atoms with Crippen LogP contribution in [0.4, 0.5) is 17.1 Å². The Morgan fingerprint density at radius 3 is 1.49 bits per heavy atom. The minimum Gasteiger partial charge on any atom is -0.310 e. The highest BCUT2D eigenvalue weighted by molar-refractivity contribution is 6.10. The molecule has 0 fully saturated rings. The minimum absolute atomic E-state index is 0.508. The number of nitrogens with zero attached hydrogens (tertiary/aromatic N) is 2. The van der Waals surface area contributed by atoms with Crippen molar-refractivity contribution in [1.29, 1.82) is 0 Å². The topological polar surface area (TPSA) is 8.17 Å². The van der Waals surface area contributed by atoms with Crippen molar-refractivity contribution in [2.24, 2.45) is 0 Å². The maximum Gasteiger partial charge on any atom is 0.0714 e. The standard InChI is InChI=1S/C71H48N2/c1-4-17-49(18-5-1)51-37-42-59(43-38-51)73-69-29-15-13-27-64(69)65-47-55(39-46-70(65)73)53-33-31-50(32-34-53)52-35-40-58(41-36-52)72(68-30-16-20-54-19-10-11-25-61(54)68)60-44-45-63-62-26-12-14-28-66(62)71(67(63)48-60,56-21-6-2-7-22-56)57-23-8-3-9-24-57/h1-48H. The first-order chi connectivity index (χ1) is 36.2. The fourth-order valence-corrected chi connectivity index (χ4v) is 11.9. The summed E-state index contributed by atoms with van der Waals surface area (Å²) >= 11 is 0. The van der Waals surface area contributed by atoms with Crippen molar-refractivity contribution in [3.8, 4) is 50.2 Å². The maximum atomic E-state index is 2.46. The van der Waals surface area contributed by atoms with E-state index in [9.17, 15) is 0 Å². The Labute approximate surface area is 426 Å². The lowest BCUT2D eigenvalue weighted by Gasteiger charge is -2.35. The fourth-order valence-electron chi connectivity index (χ4n) is 11.9. The molecule has 0 atom stereocenters. The molecule has 0 radical (unpaired) electrons. The Balaban J connectivity index is 0.833. The molecule has 0 unspecified atom stereocenters. The summed E-state index contributed by atoms with van der Waals surface area (Å²) in [5, 5.41) is 4.90. The van der Waals surface area contributed by atoms with Gasteiger partial charge in [-0.15, -0.1) is 0 Å². The lowest BCUT2D eigenvalue weighted by atomic mass is 9.67. The van der Waals surface area contributed by atoms with E-state index in [-0.39, 0.29) is 0 Å². The molecular weight excluding hydrogens is 881 g/mol. The molecule has 2 heteroatoms. The average Bonchev–Trinajstić information content (AvgIpc) is 3.96. The summed E-state index contributed by atoms with van der Waals surface area (Å²) in [6.07, 6.45) is 0. The maximum absolute atomic E-state index is 2.46. The largest absolute Gasteiger partial charge is 0.310 e. The third-order valence-electron chi connectivity index (χ3n) is 15.3. The predicted octanol–water partition coefficient (Wildman–Crippen LogP) is 18.8. The molecule has 1 aliphatic carbocycles. The number of rotatable bonds is 9. The van der Waals surface area contributed by atoms with Crippen LogP contribution in [-0.4, -0.2) is 4.57 Å². The SMILES string of the molecule is c1ccc(-c2ccc(-n3c4ccccc4c4cc(-c5ccc(-c6ccc(N(c7ccc8c(c7)C(c7ccccc7)(c7ccccc7)c7ccccc7-8)c7cccc8ccccc78)cc6)cc5)ccc43)cc2)cc1. The van der Waals surface area contributed by atoms with E-state index in [2.05, 4.69) is 301 Å². The van der Waals surface area contributed by atoms with Crippen LogP contribution in [0.3, 0.4) is 0 Å². The molecule has 0 N–H and O–H groups in total. The van der Waals surface area contributed by atoms with Crippen LogP contribution in [0.15, 0.2) is 291 Å². The van der Waals surface area contributed by atoms with Crippen molar-refractivity contribution in [1.82, 2.24) is 4.57 Å².